The van der Waals surface area contributed by atoms with Crippen molar-refractivity contribution in [2.24, 2.45) is 17.3 Å². The second kappa shape index (κ2) is 4.27. The average molecular weight is 236 g/mol. The van der Waals surface area contributed by atoms with Crippen LogP contribution in [0.5, 0.6) is 0 Å². The second-order valence-corrected chi connectivity index (χ2v) is 6.35. The van der Waals surface area contributed by atoms with Crippen LogP contribution in [0.15, 0.2) is 0 Å². The lowest BCUT2D eigenvalue weighted by atomic mass is 9.67. The Morgan fingerprint density at radius 3 is 2.59 bits per heavy atom. The molecule has 3 rings (SSSR count). The van der Waals surface area contributed by atoms with E-state index in [1.54, 1.807) is 0 Å². The molecule has 1 amide bonds. The van der Waals surface area contributed by atoms with Crippen molar-refractivity contribution in [1.29, 1.82) is 0 Å². The molecule has 2 saturated heterocycles. The van der Waals surface area contributed by atoms with Crippen LogP contribution >= 0.6 is 0 Å². The summed E-state index contributed by atoms with van der Waals surface area (Å²) in [7, 11) is 0. The van der Waals surface area contributed by atoms with Crippen LogP contribution in [0, 0.1) is 17.3 Å². The first-order valence-corrected chi connectivity index (χ1v) is 7.24. The first-order valence-electron chi connectivity index (χ1n) is 7.24. The Kier molecular flexibility index (Phi) is 2.89. The maximum absolute atomic E-state index is 12.4. The van der Waals surface area contributed by atoms with Gasteiger partial charge in [0.15, 0.2) is 0 Å². The Morgan fingerprint density at radius 2 is 1.82 bits per heavy atom. The Balaban J connectivity index is 1.85. The highest BCUT2D eigenvalue weighted by atomic mass is 16.2. The van der Waals surface area contributed by atoms with Crippen molar-refractivity contribution in [1.82, 2.24) is 10.6 Å². The Hall–Kier alpha value is -0.570. The van der Waals surface area contributed by atoms with Gasteiger partial charge < -0.3 is 10.6 Å². The number of carbonyl (C=O) groups excluding carboxylic acids is 1. The van der Waals surface area contributed by atoms with E-state index < -0.39 is 0 Å². The van der Waals surface area contributed by atoms with Crippen LogP contribution < -0.4 is 10.6 Å². The van der Waals surface area contributed by atoms with Gasteiger partial charge in [-0.2, -0.15) is 0 Å². The molecule has 96 valence electrons. The van der Waals surface area contributed by atoms with E-state index in [2.05, 4.69) is 17.6 Å². The molecule has 3 nitrogen and oxygen atoms in total. The topological polar surface area (TPSA) is 41.1 Å². The molecule has 0 bridgehead atoms. The fourth-order valence-corrected chi connectivity index (χ4v) is 4.26. The van der Waals surface area contributed by atoms with Crippen LogP contribution in [-0.2, 0) is 4.79 Å². The van der Waals surface area contributed by atoms with Crippen LogP contribution in [0.2, 0.25) is 0 Å². The highest BCUT2D eigenvalue weighted by Crippen LogP contribution is 2.48. The molecule has 0 aromatic carbocycles. The van der Waals surface area contributed by atoms with Crippen molar-refractivity contribution in [3.05, 3.63) is 0 Å². The molecular formula is C14H24N2O. The number of amides is 1. The summed E-state index contributed by atoms with van der Waals surface area (Å²) >= 11 is 0. The zero-order valence-corrected chi connectivity index (χ0v) is 10.8. The van der Waals surface area contributed by atoms with E-state index in [1.807, 2.05) is 0 Å². The van der Waals surface area contributed by atoms with Crippen LogP contribution in [0.1, 0.15) is 45.4 Å². The first kappa shape index (κ1) is 11.5. The summed E-state index contributed by atoms with van der Waals surface area (Å²) in [6.45, 7) is 4.40. The van der Waals surface area contributed by atoms with Crippen molar-refractivity contribution in [2.45, 2.75) is 51.5 Å². The highest BCUT2D eigenvalue weighted by molar-refractivity contribution is 5.86. The third-order valence-corrected chi connectivity index (χ3v) is 5.40. The minimum Gasteiger partial charge on any atom is -0.353 e. The number of rotatable bonds is 0. The molecule has 1 aliphatic carbocycles. The summed E-state index contributed by atoms with van der Waals surface area (Å²) in [5, 5.41) is 6.71. The molecule has 17 heavy (non-hydrogen) atoms. The van der Waals surface area contributed by atoms with Gasteiger partial charge >= 0.3 is 0 Å². The van der Waals surface area contributed by atoms with E-state index in [9.17, 15) is 4.79 Å². The summed E-state index contributed by atoms with van der Waals surface area (Å²) in [6, 6.07) is 0.477. The first-order chi connectivity index (χ1) is 8.22. The van der Waals surface area contributed by atoms with Crippen LogP contribution in [0.4, 0.5) is 0 Å². The zero-order chi connectivity index (χ0) is 11.9. The number of carbonyl (C=O) groups is 1. The van der Waals surface area contributed by atoms with Gasteiger partial charge in [-0.1, -0.05) is 13.3 Å². The highest BCUT2D eigenvalue weighted by Gasteiger charge is 2.54. The fourth-order valence-electron chi connectivity index (χ4n) is 4.26. The quantitative estimate of drug-likeness (QED) is 0.672. The van der Waals surface area contributed by atoms with Gasteiger partial charge in [0.25, 0.3) is 0 Å². The lowest BCUT2D eigenvalue weighted by Crippen LogP contribution is -2.44. The predicted octanol–water partition coefficient (Wildman–Crippen LogP) is 1.68. The lowest BCUT2D eigenvalue weighted by molar-refractivity contribution is -0.130. The van der Waals surface area contributed by atoms with Gasteiger partial charge in [-0.25, -0.2) is 0 Å². The van der Waals surface area contributed by atoms with E-state index in [-0.39, 0.29) is 5.41 Å². The van der Waals surface area contributed by atoms with Crippen LogP contribution in [0.3, 0.4) is 0 Å². The van der Waals surface area contributed by atoms with Crippen molar-refractivity contribution in [2.75, 3.05) is 13.1 Å². The summed E-state index contributed by atoms with van der Waals surface area (Å²) in [6.07, 6.45) is 7.15. The Labute approximate surface area is 104 Å². The normalized spacial score (nSPS) is 40.8. The van der Waals surface area contributed by atoms with E-state index in [0.29, 0.717) is 17.9 Å². The van der Waals surface area contributed by atoms with Crippen molar-refractivity contribution < 1.29 is 4.79 Å². The largest absolute Gasteiger partial charge is 0.353 e. The number of fused-ring (bicyclic) bond motifs is 2. The van der Waals surface area contributed by atoms with Gasteiger partial charge in [-0.05, 0) is 57.0 Å². The van der Waals surface area contributed by atoms with Crippen molar-refractivity contribution in [3.63, 3.8) is 0 Å². The maximum Gasteiger partial charge on any atom is 0.226 e. The van der Waals surface area contributed by atoms with Gasteiger partial charge in [0, 0.05) is 6.04 Å². The molecule has 0 aromatic rings. The summed E-state index contributed by atoms with van der Waals surface area (Å²) in [4.78, 5) is 12.4. The third-order valence-electron chi connectivity index (χ3n) is 5.40. The van der Waals surface area contributed by atoms with Gasteiger partial charge in [-0.15, -0.1) is 0 Å². The number of hydrogen-bond acceptors (Lipinski definition) is 2. The van der Waals surface area contributed by atoms with E-state index in [4.69, 9.17) is 0 Å². The average Bonchev–Trinajstić information content (AvgIpc) is 2.49. The van der Waals surface area contributed by atoms with Gasteiger partial charge in [0.05, 0.1) is 5.41 Å². The molecule has 2 heterocycles. The molecule has 3 aliphatic rings. The fraction of sp³-hybridized carbons (Fsp3) is 0.929. The molecule has 2 N–H and O–H groups in total. The smallest absolute Gasteiger partial charge is 0.226 e. The van der Waals surface area contributed by atoms with Crippen molar-refractivity contribution >= 4 is 5.91 Å². The SMILES string of the molecule is CC1CCC2NC(=O)C3(CCNCC3)C2CC1. The zero-order valence-electron chi connectivity index (χ0n) is 10.8. The Bertz CT molecular complexity index is 309. The maximum atomic E-state index is 12.4. The van der Waals surface area contributed by atoms with Crippen LogP contribution in [0.25, 0.3) is 0 Å². The summed E-state index contributed by atoms with van der Waals surface area (Å²) in [5.41, 5.74) is -0.0139. The molecule has 2 aliphatic heterocycles. The monoisotopic (exact) mass is 236 g/mol. The van der Waals surface area contributed by atoms with Gasteiger partial charge in [0.2, 0.25) is 5.91 Å². The molecule has 3 heteroatoms. The molecular weight excluding hydrogens is 212 g/mol. The Morgan fingerprint density at radius 1 is 1.12 bits per heavy atom. The molecule has 0 radical (unpaired) electrons. The van der Waals surface area contributed by atoms with E-state index >= 15 is 0 Å². The van der Waals surface area contributed by atoms with Gasteiger partial charge in [-0.3, -0.25) is 4.79 Å². The molecule has 3 fully saturated rings. The minimum atomic E-state index is -0.0139. The van der Waals surface area contributed by atoms with Crippen LogP contribution in [-0.4, -0.2) is 25.0 Å². The molecule has 3 atom stereocenters. The molecule has 1 saturated carbocycles. The standard InChI is InChI=1S/C14H24N2O/c1-10-2-4-11-12(5-3-10)16-13(17)14(11)6-8-15-9-7-14/h10-12,15H,2-9H2,1H3,(H,16,17). The molecule has 0 aromatic heterocycles. The summed E-state index contributed by atoms with van der Waals surface area (Å²) < 4.78 is 0. The number of hydrogen-bond donors (Lipinski definition) is 2. The number of nitrogens with one attached hydrogen (secondary N) is 2. The number of piperidine rings is 1. The van der Waals surface area contributed by atoms with Gasteiger partial charge in [0.1, 0.15) is 0 Å². The van der Waals surface area contributed by atoms with E-state index in [1.165, 1.54) is 25.7 Å². The third kappa shape index (κ3) is 1.79. The molecule has 3 unspecified atom stereocenters. The van der Waals surface area contributed by atoms with E-state index in [0.717, 1.165) is 31.8 Å². The second-order valence-electron chi connectivity index (χ2n) is 6.35. The van der Waals surface area contributed by atoms with Crippen molar-refractivity contribution in [3.8, 4) is 0 Å². The summed E-state index contributed by atoms with van der Waals surface area (Å²) in [5.74, 6) is 1.82. The lowest BCUT2D eigenvalue weighted by Gasteiger charge is -2.37. The predicted molar refractivity (Wildman–Crippen MR) is 67.6 cm³/mol. The molecule has 1 spiro atoms. The minimum absolute atomic E-state index is 0.0139.